The van der Waals surface area contributed by atoms with Crippen molar-refractivity contribution < 1.29 is 0 Å². The van der Waals surface area contributed by atoms with Crippen LogP contribution in [0, 0.1) is 6.92 Å². The van der Waals surface area contributed by atoms with Gasteiger partial charge in [0.15, 0.2) is 5.16 Å². The van der Waals surface area contributed by atoms with E-state index in [4.69, 9.17) is 0 Å². The van der Waals surface area contributed by atoms with Crippen molar-refractivity contribution in [1.82, 2.24) is 24.7 Å². The van der Waals surface area contributed by atoms with E-state index in [1.807, 2.05) is 14.0 Å². The van der Waals surface area contributed by atoms with Crippen molar-refractivity contribution in [3.8, 4) is 0 Å². The first-order valence-corrected chi connectivity index (χ1v) is 8.21. The van der Waals surface area contributed by atoms with Crippen LogP contribution in [0.1, 0.15) is 49.0 Å². The van der Waals surface area contributed by atoms with Crippen LogP contribution in [-0.2, 0) is 0 Å². The average molecular weight is 302 g/mol. The normalized spacial score (nSPS) is 18.0. The topological polar surface area (TPSA) is 68.5 Å². The van der Waals surface area contributed by atoms with Gasteiger partial charge in [0.05, 0.1) is 0 Å². The number of nitrogens with one attached hydrogen (secondary N) is 1. The van der Waals surface area contributed by atoms with E-state index in [9.17, 15) is 0 Å². The van der Waals surface area contributed by atoms with Gasteiger partial charge in [0.2, 0.25) is 0 Å². The standard InChI is InChI=1S/C14H18N6S/c1-8-11(15-2)16-7-17-13(8)21-14-19-18-12(9-3-4-9)20(14)10-5-6-10/h7,9-10H,3-6H2,1-2H3,(H,15,16,17). The number of anilines is 1. The highest BCUT2D eigenvalue weighted by Crippen LogP contribution is 2.46. The first-order chi connectivity index (χ1) is 10.3. The summed E-state index contributed by atoms with van der Waals surface area (Å²) in [7, 11) is 1.88. The molecule has 7 heteroatoms. The van der Waals surface area contributed by atoms with Gasteiger partial charge in [-0.2, -0.15) is 0 Å². The van der Waals surface area contributed by atoms with Crippen LogP contribution in [0.15, 0.2) is 16.5 Å². The minimum Gasteiger partial charge on any atom is -0.373 e. The van der Waals surface area contributed by atoms with E-state index in [1.54, 1.807) is 18.1 Å². The van der Waals surface area contributed by atoms with Crippen LogP contribution in [0.5, 0.6) is 0 Å². The molecule has 2 aliphatic carbocycles. The molecule has 0 aliphatic heterocycles. The zero-order valence-corrected chi connectivity index (χ0v) is 13.0. The quantitative estimate of drug-likeness (QED) is 0.857. The molecule has 4 rings (SSSR count). The number of hydrogen-bond acceptors (Lipinski definition) is 6. The first kappa shape index (κ1) is 13.1. The third-order valence-corrected chi connectivity index (χ3v) is 5.07. The van der Waals surface area contributed by atoms with Crippen LogP contribution in [-0.4, -0.2) is 31.8 Å². The fraction of sp³-hybridized carbons (Fsp3) is 0.571. The maximum absolute atomic E-state index is 4.44. The second-order valence-corrected chi connectivity index (χ2v) is 6.68. The molecule has 2 saturated carbocycles. The van der Waals surface area contributed by atoms with Gasteiger partial charge in [-0.3, -0.25) is 0 Å². The lowest BCUT2D eigenvalue weighted by Crippen LogP contribution is -2.03. The van der Waals surface area contributed by atoms with E-state index in [0.29, 0.717) is 12.0 Å². The van der Waals surface area contributed by atoms with Gasteiger partial charge in [0, 0.05) is 24.6 Å². The minimum atomic E-state index is 0.601. The highest BCUT2D eigenvalue weighted by Gasteiger charge is 2.36. The second kappa shape index (κ2) is 4.98. The molecule has 0 amide bonds. The van der Waals surface area contributed by atoms with Crippen molar-refractivity contribution in [2.75, 3.05) is 12.4 Å². The van der Waals surface area contributed by atoms with Gasteiger partial charge in [-0.1, -0.05) is 0 Å². The van der Waals surface area contributed by atoms with Crippen molar-refractivity contribution in [1.29, 1.82) is 0 Å². The van der Waals surface area contributed by atoms with E-state index in [1.165, 1.54) is 31.5 Å². The molecule has 0 spiro atoms. The Labute approximate surface area is 127 Å². The Hall–Kier alpha value is -1.63. The maximum Gasteiger partial charge on any atom is 0.197 e. The number of nitrogens with zero attached hydrogens (tertiary/aromatic N) is 5. The highest BCUT2D eigenvalue weighted by molar-refractivity contribution is 7.99. The average Bonchev–Trinajstić information content (AvgIpc) is 3.40. The van der Waals surface area contributed by atoms with E-state index < -0.39 is 0 Å². The second-order valence-electron chi connectivity index (χ2n) is 5.72. The van der Waals surface area contributed by atoms with Crippen LogP contribution in [0.25, 0.3) is 0 Å². The molecule has 2 heterocycles. The Morgan fingerprint density at radius 1 is 1.19 bits per heavy atom. The predicted octanol–water partition coefficient (Wildman–Crippen LogP) is 2.78. The van der Waals surface area contributed by atoms with Gasteiger partial charge >= 0.3 is 0 Å². The summed E-state index contributed by atoms with van der Waals surface area (Å²) in [4.78, 5) is 8.64. The van der Waals surface area contributed by atoms with Gasteiger partial charge < -0.3 is 9.88 Å². The molecule has 2 aromatic rings. The summed E-state index contributed by atoms with van der Waals surface area (Å²) >= 11 is 1.60. The summed E-state index contributed by atoms with van der Waals surface area (Å²) in [6.07, 6.45) is 6.60. The molecule has 1 N–H and O–H groups in total. The molecule has 21 heavy (non-hydrogen) atoms. The van der Waals surface area contributed by atoms with E-state index in [2.05, 4.69) is 30.0 Å². The lowest BCUT2D eigenvalue weighted by molar-refractivity contribution is 0.626. The van der Waals surface area contributed by atoms with Gasteiger partial charge in [-0.15, -0.1) is 10.2 Å². The van der Waals surface area contributed by atoms with Gasteiger partial charge in [0.25, 0.3) is 0 Å². The highest BCUT2D eigenvalue weighted by atomic mass is 32.2. The van der Waals surface area contributed by atoms with Crippen molar-refractivity contribution in [3.63, 3.8) is 0 Å². The lowest BCUT2D eigenvalue weighted by Gasteiger charge is -2.10. The first-order valence-electron chi connectivity index (χ1n) is 7.40. The summed E-state index contributed by atoms with van der Waals surface area (Å²) in [5, 5.41) is 13.9. The van der Waals surface area contributed by atoms with E-state index in [-0.39, 0.29) is 0 Å². The van der Waals surface area contributed by atoms with Crippen LogP contribution in [0.2, 0.25) is 0 Å². The lowest BCUT2D eigenvalue weighted by atomic mass is 10.3. The van der Waals surface area contributed by atoms with Crippen molar-refractivity contribution in [3.05, 3.63) is 17.7 Å². The Morgan fingerprint density at radius 3 is 2.67 bits per heavy atom. The molecular formula is C14H18N6S. The van der Waals surface area contributed by atoms with Gasteiger partial charge in [0.1, 0.15) is 23.0 Å². The van der Waals surface area contributed by atoms with Crippen LogP contribution >= 0.6 is 11.8 Å². The Kier molecular flexibility index (Phi) is 3.10. The molecule has 0 saturated heterocycles. The van der Waals surface area contributed by atoms with Crippen molar-refractivity contribution in [2.24, 2.45) is 0 Å². The number of hydrogen-bond donors (Lipinski definition) is 1. The zero-order chi connectivity index (χ0) is 14.4. The summed E-state index contributed by atoms with van der Waals surface area (Å²) in [6, 6.07) is 0.601. The molecule has 0 aromatic carbocycles. The maximum atomic E-state index is 4.44. The fourth-order valence-corrected chi connectivity index (χ4v) is 3.47. The zero-order valence-electron chi connectivity index (χ0n) is 12.2. The van der Waals surface area contributed by atoms with E-state index in [0.717, 1.165) is 21.6 Å². The van der Waals surface area contributed by atoms with Gasteiger partial charge in [-0.25, -0.2) is 9.97 Å². The summed E-state index contributed by atoms with van der Waals surface area (Å²) in [5.74, 6) is 2.68. The SMILES string of the molecule is CNc1ncnc(Sc2nnc(C3CC3)n2C2CC2)c1C. The Balaban J connectivity index is 1.68. The van der Waals surface area contributed by atoms with Crippen molar-refractivity contribution in [2.45, 2.75) is 54.7 Å². The molecule has 0 unspecified atom stereocenters. The van der Waals surface area contributed by atoms with Crippen LogP contribution in [0.4, 0.5) is 5.82 Å². The fourth-order valence-electron chi connectivity index (χ4n) is 2.53. The van der Waals surface area contributed by atoms with Crippen LogP contribution in [0.3, 0.4) is 0 Å². The smallest absolute Gasteiger partial charge is 0.197 e. The molecule has 0 radical (unpaired) electrons. The summed E-state index contributed by atoms with van der Waals surface area (Å²) in [5.41, 5.74) is 1.06. The molecule has 2 aromatic heterocycles. The largest absolute Gasteiger partial charge is 0.373 e. The summed E-state index contributed by atoms with van der Waals surface area (Å²) in [6.45, 7) is 2.04. The monoisotopic (exact) mass is 302 g/mol. The molecule has 6 nitrogen and oxygen atoms in total. The van der Waals surface area contributed by atoms with Gasteiger partial charge in [-0.05, 0) is 44.4 Å². The Bertz CT molecular complexity index is 674. The molecule has 2 fully saturated rings. The third-order valence-electron chi connectivity index (χ3n) is 4.01. The van der Waals surface area contributed by atoms with Crippen LogP contribution < -0.4 is 5.32 Å². The third kappa shape index (κ3) is 2.39. The molecule has 0 bridgehead atoms. The Morgan fingerprint density at radius 2 is 2.00 bits per heavy atom. The predicted molar refractivity (Wildman–Crippen MR) is 80.7 cm³/mol. The molecule has 0 atom stereocenters. The minimum absolute atomic E-state index is 0.601. The van der Waals surface area contributed by atoms with Crippen molar-refractivity contribution >= 4 is 17.6 Å². The molecule has 110 valence electrons. The summed E-state index contributed by atoms with van der Waals surface area (Å²) < 4.78 is 2.35. The number of aromatic nitrogens is 5. The number of rotatable bonds is 5. The molecular weight excluding hydrogens is 284 g/mol. The van der Waals surface area contributed by atoms with E-state index >= 15 is 0 Å². The molecule has 2 aliphatic rings.